The molecule has 0 saturated carbocycles. The molecule has 10 radical (unpaired) electrons. The highest BCUT2D eigenvalue weighted by atomic mass is 16.3. The van der Waals surface area contributed by atoms with Gasteiger partial charge in [0.25, 0.3) is 0 Å². The van der Waals surface area contributed by atoms with Crippen LogP contribution in [0.15, 0.2) is 16.5 Å². The molecule has 1 aliphatic rings. The van der Waals surface area contributed by atoms with Crippen molar-refractivity contribution < 1.29 is 9.52 Å². The lowest BCUT2D eigenvalue weighted by Gasteiger charge is -2.38. The van der Waals surface area contributed by atoms with Gasteiger partial charge in [0.1, 0.15) is 44.7 Å². The first-order valence-electron chi connectivity index (χ1n) is 7.18. The molecule has 0 fully saturated rings. The van der Waals surface area contributed by atoms with Crippen LogP contribution in [0.3, 0.4) is 0 Å². The Morgan fingerprint density at radius 2 is 1.58 bits per heavy atom. The Bertz CT molecular complexity index is 1000. The van der Waals surface area contributed by atoms with E-state index in [-0.39, 0.29) is 33.2 Å². The number of hydrogen-bond acceptors (Lipinski definition) is 4. The average molecular weight is 301 g/mol. The van der Waals surface area contributed by atoms with Gasteiger partial charge in [0.05, 0.1) is 0 Å². The first kappa shape index (κ1) is 15.5. The monoisotopic (exact) mass is 302 g/mol. The third kappa shape index (κ3) is 1.94. The van der Waals surface area contributed by atoms with Crippen LogP contribution in [0.5, 0.6) is 0 Å². The number of fused-ring (bicyclic) bond motifs is 2. The zero-order valence-corrected chi connectivity index (χ0v) is 12.8. The molecule has 0 bridgehead atoms. The van der Waals surface area contributed by atoms with Crippen molar-refractivity contribution in [2.24, 2.45) is 0 Å². The van der Waals surface area contributed by atoms with Crippen LogP contribution in [-0.2, 0) is 5.72 Å². The Hall–Kier alpha value is -2.01. The van der Waals surface area contributed by atoms with Crippen molar-refractivity contribution in [3.8, 4) is 11.5 Å². The standard InChI is InChI=1S/C15H7B5N2O2/c1-15(23)4-2-7-6(3-5(4)22-15)21-14(24-7)8-9(16)11(18)13(20)12(19)10(8)17/h2-3,22-23H,1H3. The van der Waals surface area contributed by atoms with Crippen molar-refractivity contribution >= 4 is 83.3 Å². The van der Waals surface area contributed by atoms with Crippen LogP contribution in [0.1, 0.15) is 12.5 Å². The van der Waals surface area contributed by atoms with E-state index in [1.54, 1.807) is 19.1 Å². The number of aliphatic hydroxyl groups is 1. The minimum atomic E-state index is -1.09. The number of anilines is 1. The second kappa shape index (κ2) is 4.76. The molecule has 4 nitrogen and oxygen atoms in total. The first-order chi connectivity index (χ1) is 11.2. The van der Waals surface area contributed by atoms with Gasteiger partial charge >= 0.3 is 0 Å². The van der Waals surface area contributed by atoms with E-state index in [2.05, 4.69) is 10.3 Å². The number of nitrogens with zero attached hydrogens (tertiary/aromatic N) is 1. The summed E-state index contributed by atoms with van der Waals surface area (Å²) < 4.78 is 5.77. The summed E-state index contributed by atoms with van der Waals surface area (Å²) in [7, 11) is 29.6. The molecule has 2 heterocycles. The van der Waals surface area contributed by atoms with Gasteiger partial charge in [-0.25, -0.2) is 4.98 Å². The molecule has 2 N–H and O–H groups in total. The van der Waals surface area contributed by atoms with Crippen LogP contribution >= 0.6 is 0 Å². The van der Waals surface area contributed by atoms with Crippen molar-refractivity contribution in [3.05, 3.63) is 17.7 Å². The van der Waals surface area contributed by atoms with E-state index in [0.29, 0.717) is 16.7 Å². The predicted molar refractivity (Wildman–Crippen MR) is 99.6 cm³/mol. The van der Waals surface area contributed by atoms with Gasteiger partial charge in [0, 0.05) is 16.8 Å². The maximum Gasteiger partial charge on any atom is 0.226 e. The molecule has 0 aliphatic carbocycles. The molecule has 1 atom stereocenters. The molecule has 0 spiro atoms. The minimum absolute atomic E-state index is 0.132. The van der Waals surface area contributed by atoms with Gasteiger partial charge in [0.15, 0.2) is 11.3 Å². The number of rotatable bonds is 1. The van der Waals surface area contributed by atoms with Gasteiger partial charge in [-0.05, 0) is 19.1 Å². The molecule has 4 rings (SSSR count). The van der Waals surface area contributed by atoms with Gasteiger partial charge in [-0.15, -0.1) is 16.4 Å². The minimum Gasteiger partial charge on any atom is -0.436 e. The summed E-state index contributed by atoms with van der Waals surface area (Å²) in [6, 6.07) is 3.49. The third-order valence-electron chi connectivity index (χ3n) is 4.34. The molecule has 24 heavy (non-hydrogen) atoms. The smallest absolute Gasteiger partial charge is 0.226 e. The fraction of sp³-hybridized carbons (Fsp3) is 0.133. The highest BCUT2D eigenvalue weighted by Crippen LogP contribution is 2.41. The maximum atomic E-state index is 10.1. The molecule has 1 aromatic heterocycles. The fourth-order valence-electron chi connectivity index (χ4n) is 2.93. The summed E-state index contributed by atoms with van der Waals surface area (Å²) in [6.45, 7) is 1.65. The van der Waals surface area contributed by atoms with E-state index in [1.165, 1.54) is 0 Å². The molecular weight excluding hydrogens is 294 g/mol. The summed E-state index contributed by atoms with van der Waals surface area (Å²) in [4.78, 5) is 4.40. The van der Waals surface area contributed by atoms with Crippen LogP contribution in [-0.4, -0.2) is 49.3 Å². The molecule has 3 aromatic rings. The van der Waals surface area contributed by atoms with E-state index >= 15 is 0 Å². The summed E-state index contributed by atoms with van der Waals surface area (Å²) in [5, 5.41) is 13.0. The zero-order chi connectivity index (χ0) is 17.4. The van der Waals surface area contributed by atoms with Gasteiger partial charge < -0.3 is 14.8 Å². The van der Waals surface area contributed by atoms with Crippen molar-refractivity contribution in [3.63, 3.8) is 0 Å². The number of benzene rings is 2. The third-order valence-corrected chi connectivity index (χ3v) is 4.34. The van der Waals surface area contributed by atoms with Gasteiger partial charge in [-0.3, -0.25) is 0 Å². The Morgan fingerprint density at radius 3 is 2.17 bits per heavy atom. The Morgan fingerprint density at radius 1 is 1.00 bits per heavy atom. The zero-order valence-electron chi connectivity index (χ0n) is 12.8. The average Bonchev–Trinajstić information content (AvgIpc) is 2.92. The summed E-state index contributed by atoms with van der Waals surface area (Å²) in [5.41, 5.74) is 2.49. The molecule has 0 amide bonds. The van der Waals surface area contributed by atoms with Crippen LogP contribution in [0.4, 0.5) is 5.69 Å². The van der Waals surface area contributed by atoms with Crippen molar-refractivity contribution in [1.29, 1.82) is 0 Å². The lowest BCUT2D eigenvalue weighted by atomic mass is 9.60. The summed E-state index contributed by atoms with van der Waals surface area (Å²) in [6.07, 6.45) is 0. The molecule has 1 unspecified atom stereocenters. The van der Waals surface area contributed by atoms with Crippen LogP contribution in [0, 0.1) is 0 Å². The molecular formula is C15H7B5N2O2. The maximum absolute atomic E-state index is 10.1. The van der Waals surface area contributed by atoms with Gasteiger partial charge in [0.2, 0.25) is 5.89 Å². The normalized spacial score (nSPS) is 18.9. The SMILES string of the molecule is [B]c1c([B])c([B])c(-c2nc3cc4c(cc3o2)C(C)(O)N4)c([B])c1[B]. The van der Waals surface area contributed by atoms with Crippen molar-refractivity contribution in [1.82, 2.24) is 4.98 Å². The number of nitrogens with one attached hydrogen (secondary N) is 1. The van der Waals surface area contributed by atoms with E-state index < -0.39 is 5.72 Å². The molecule has 9 heteroatoms. The number of aromatic nitrogens is 1. The lowest BCUT2D eigenvalue weighted by Crippen LogP contribution is -2.55. The van der Waals surface area contributed by atoms with Gasteiger partial charge in [-0.2, -0.15) is 0 Å². The quantitative estimate of drug-likeness (QED) is 0.472. The summed E-state index contributed by atoms with van der Waals surface area (Å²) in [5.74, 6) is 0.183. The van der Waals surface area contributed by atoms with Crippen LogP contribution in [0.25, 0.3) is 22.6 Å². The fourth-order valence-corrected chi connectivity index (χ4v) is 2.93. The highest BCUT2D eigenvalue weighted by Gasteiger charge is 2.36. The molecule has 104 valence electrons. The van der Waals surface area contributed by atoms with E-state index in [1.807, 2.05) is 0 Å². The Kier molecular flexibility index (Phi) is 3.08. The van der Waals surface area contributed by atoms with Crippen molar-refractivity contribution in [2.45, 2.75) is 12.6 Å². The first-order valence-corrected chi connectivity index (χ1v) is 7.18. The number of hydrogen-bond donors (Lipinski definition) is 2. The number of oxazole rings is 1. The van der Waals surface area contributed by atoms with Crippen molar-refractivity contribution in [2.75, 3.05) is 5.32 Å². The Balaban J connectivity index is 1.96. The molecule has 0 saturated heterocycles. The van der Waals surface area contributed by atoms with E-state index in [9.17, 15) is 5.11 Å². The largest absolute Gasteiger partial charge is 0.436 e. The lowest BCUT2D eigenvalue weighted by molar-refractivity contribution is 0.0733. The Labute approximate surface area is 145 Å². The van der Waals surface area contributed by atoms with Gasteiger partial charge in [-0.1, -0.05) is 10.9 Å². The van der Waals surface area contributed by atoms with Crippen LogP contribution < -0.4 is 32.6 Å². The summed E-state index contributed by atoms with van der Waals surface area (Å²) >= 11 is 0. The van der Waals surface area contributed by atoms with E-state index in [0.717, 1.165) is 11.3 Å². The predicted octanol–water partition coefficient (Wildman–Crippen LogP) is -2.95. The second-order valence-electron chi connectivity index (χ2n) is 6.03. The topological polar surface area (TPSA) is 58.3 Å². The second-order valence-corrected chi connectivity index (χ2v) is 6.03. The molecule has 1 aliphatic heterocycles. The van der Waals surface area contributed by atoms with Crippen LogP contribution in [0.2, 0.25) is 0 Å². The van der Waals surface area contributed by atoms with E-state index in [4.69, 9.17) is 43.6 Å². The highest BCUT2D eigenvalue weighted by molar-refractivity contribution is 6.68. The molecule has 2 aromatic carbocycles.